The number of rotatable bonds is 4. The average molecular weight is 234 g/mol. The van der Waals surface area contributed by atoms with Crippen LogP contribution in [0.1, 0.15) is 38.2 Å². The van der Waals surface area contributed by atoms with Gasteiger partial charge in [0.2, 0.25) is 0 Å². The second kappa shape index (κ2) is 6.06. The van der Waals surface area contributed by atoms with Crippen LogP contribution >= 0.6 is 0 Å². The SMILES string of the molecule is COc1ccc(C[NH2+][C@H]2CCCC[C@H]2C)cc1. The Morgan fingerprint density at radius 2 is 1.88 bits per heavy atom. The lowest BCUT2D eigenvalue weighted by atomic mass is 9.86. The topological polar surface area (TPSA) is 25.8 Å². The van der Waals surface area contributed by atoms with Crippen molar-refractivity contribution in [2.45, 2.75) is 45.2 Å². The quantitative estimate of drug-likeness (QED) is 0.850. The summed E-state index contributed by atoms with van der Waals surface area (Å²) >= 11 is 0. The predicted octanol–water partition coefficient (Wildman–Crippen LogP) is 2.34. The van der Waals surface area contributed by atoms with E-state index in [0.29, 0.717) is 0 Å². The zero-order valence-corrected chi connectivity index (χ0v) is 11.0. The van der Waals surface area contributed by atoms with Gasteiger partial charge in [-0.15, -0.1) is 0 Å². The Labute approximate surface area is 104 Å². The van der Waals surface area contributed by atoms with Crippen molar-refractivity contribution in [1.29, 1.82) is 0 Å². The molecule has 1 aromatic rings. The van der Waals surface area contributed by atoms with E-state index in [2.05, 4.69) is 24.4 Å². The molecule has 1 fully saturated rings. The Bertz CT molecular complexity index is 333. The van der Waals surface area contributed by atoms with Crippen molar-refractivity contribution >= 4 is 0 Å². The molecule has 0 heterocycles. The normalized spacial score (nSPS) is 24.6. The number of quaternary nitrogens is 1. The molecular formula is C15H24NO+. The summed E-state index contributed by atoms with van der Waals surface area (Å²) in [7, 11) is 1.71. The van der Waals surface area contributed by atoms with Gasteiger partial charge < -0.3 is 10.1 Å². The predicted molar refractivity (Wildman–Crippen MR) is 70.0 cm³/mol. The molecule has 1 saturated carbocycles. The number of benzene rings is 1. The first-order valence-corrected chi connectivity index (χ1v) is 6.76. The van der Waals surface area contributed by atoms with E-state index < -0.39 is 0 Å². The summed E-state index contributed by atoms with van der Waals surface area (Å²) in [5, 5.41) is 2.52. The van der Waals surface area contributed by atoms with Gasteiger partial charge >= 0.3 is 0 Å². The van der Waals surface area contributed by atoms with Gasteiger partial charge in [-0.2, -0.15) is 0 Å². The maximum absolute atomic E-state index is 5.17. The average Bonchev–Trinajstić information content (AvgIpc) is 2.38. The Balaban J connectivity index is 1.84. The first-order valence-electron chi connectivity index (χ1n) is 6.76. The fraction of sp³-hybridized carbons (Fsp3) is 0.600. The monoisotopic (exact) mass is 234 g/mol. The van der Waals surface area contributed by atoms with Crippen LogP contribution in [0, 0.1) is 5.92 Å². The molecule has 2 heteroatoms. The van der Waals surface area contributed by atoms with Gasteiger partial charge in [0.15, 0.2) is 0 Å². The van der Waals surface area contributed by atoms with Crippen molar-refractivity contribution in [1.82, 2.24) is 0 Å². The van der Waals surface area contributed by atoms with Gasteiger partial charge in [0, 0.05) is 11.5 Å². The molecule has 0 amide bonds. The van der Waals surface area contributed by atoms with Gasteiger partial charge in [0.1, 0.15) is 12.3 Å². The summed E-state index contributed by atoms with van der Waals surface area (Å²) in [6, 6.07) is 9.26. The largest absolute Gasteiger partial charge is 0.497 e. The van der Waals surface area contributed by atoms with E-state index in [-0.39, 0.29) is 0 Å². The van der Waals surface area contributed by atoms with E-state index in [0.717, 1.165) is 24.3 Å². The molecule has 0 bridgehead atoms. The van der Waals surface area contributed by atoms with Gasteiger partial charge in [-0.25, -0.2) is 0 Å². The second-order valence-electron chi connectivity index (χ2n) is 5.21. The highest BCUT2D eigenvalue weighted by molar-refractivity contribution is 5.26. The molecule has 1 aliphatic rings. The minimum atomic E-state index is 0.825. The molecule has 0 saturated heterocycles. The molecule has 0 unspecified atom stereocenters. The summed E-state index contributed by atoms with van der Waals surface area (Å²) in [6.07, 6.45) is 5.63. The third kappa shape index (κ3) is 3.47. The van der Waals surface area contributed by atoms with Gasteiger partial charge in [-0.3, -0.25) is 0 Å². The Morgan fingerprint density at radius 3 is 2.53 bits per heavy atom. The molecule has 94 valence electrons. The zero-order valence-electron chi connectivity index (χ0n) is 11.0. The summed E-state index contributed by atoms with van der Waals surface area (Å²) in [6.45, 7) is 3.49. The molecule has 0 spiro atoms. The standard InChI is InChI=1S/C15H23NO/c1-12-5-3-4-6-15(12)16-11-13-7-9-14(17-2)10-8-13/h7-10,12,15-16H,3-6,11H2,1-2H3/p+1/t12-,15+/m1/s1. The molecule has 17 heavy (non-hydrogen) atoms. The molecule has 1 aliphatic carbocycles. The first kappa shape index (κ1) is 12.4. The van der Waals surface area contributed by atoms with Gasteiger partial charge in [-0.05, 0) is 43.5 Å². The third-order valence-corrected chi connectivity index (χ3v) is 3.99. The highest BCUT2D eigenvalue weighted by Crippen LogP contribution is 2.21. The Kier molecular flexibility index (Phi) is 4.43. The van der Waals surface area contributed by atoms with Crippen LogP contribution in [-0.2, 0) is 6.54 Å². The summed E-state index contributed by atoms with van der Waals surface area (Å²) in [5.74, 6) is 1.82. The van der Waals surface area contributed by atoms with E-state index in [1.54, 1.807) is 7.11 Å². The lowest BCUT2D eigenvalue weighted by molar-refractivity contribution is -0.712. The lowest BCUT2D eigenvalue weighted by Gasteiger charge is -2.26. The fourth-order valence-corrected chi connectivity index (χ4v) is 2.74. The van der Waals surface area contributed by atoms with Crippen molar-refractivity contribution in [2.75, 3.05) is 7.11 Å². The van der Waals surface area contributed by atoms with Crippen LogP contribution in [0.2, 0.25) is 0 Å². The third-order valence-electron chi connectivity index (χ3n) is 3.99. The molecule has 2 nitrogen and oxygen atoms in total. The molecule has 2 rings (SSSR count). The first-order chi connectivity index (χ1) is 8.29. The number of ether oxygens (including phenoxy) is 1. The Morgan fingerprint density at radius 1 is 1.18 bits per heavy atom. The summed E-state index contributed by atoms with van der Waals surface area (Å²) in [4.78, 5) is 0. The van der Waals surface area contributed by atoms with Crippen LogP contribution in [-0.4, -0.2) is 13.2 Å². The molecular weight excluding hydrogens is 210 g/mol. The summed E-state index contributed by atoms with van der Waals surface area (Å²) in [5.41, 5.74) is 1.39. The highest BCUT2D eigenvalue weighted by atomic mass is 16.5. The van der Waals surface area contributed by atoms with Crippen LogP contribution in [0.3, 0.4) is 0 Å². The van der Waals surface area contributed by atoms with Crippen LogP contribution in [0.15, 0.2) is 24.3 Å². The van der Waals surface area contributed by atoms with Crippen LogP contribution in [0.5, 0.6) is 5.75 Å². The number of hydrogen-bond acceptors (Lipinski definition) is 1. The van der Waals surface area contributed by atoms with Crippen LogP contribution < -0.4 is 10.1 Å². The van der Waals surface area contributed by atoms with E-state index in [9.17, 15) is 0 Å². The van der Waals surface area contributed by atoms with Crippen LogP contribution in [0.4, 0.5) is 0 Å². The minimum absolute atomic E-state index is 0.825. The molecule has 0 aliphatic heterocycles. The van der Waals surface area contributed by atoms with E-state index >= 15 is 0 Å². The number of methoxy groups -OCH3 is 1. The number of nitrogens with two attached hydrogens (primary N) is 1. The summed E-state index contributed by atoms with van der Waals surface area (Å²) < 4.78 is 5.17. The molecule has 0 aromatic heterocycles. The van der Waals surface area contributed by atoms with E-state index in [1.165, 1.54) is 31.2 Å². The zero-order chi connectivity index (χ0) is 12.1. The second-order valence-corrected chi connectivity index (χ2v) is 5.21. The fourth-order valence-electron chi connectivity index (χ4n) is 2.74. The Hall–Kier alpha value is -1.02. The molecule has 1 aromatic carbocycles. The highest BCUT2D eigenvalue weighted by Gasteiger charge is 2.23. The van der Waals surface area contributed by atoms with Crippen molar-refractivity contribution in [2.24, 2.45) is 5.92 Å². The minimum Gasteiger partial charge on any atom is -0.497 e. The lowest BCUT2D eigenvalue weighted by Crippen LogP contribution is -2.90. The van der Waals surface area contributed by atoms with Gasteiger partial charge in [0.25, 0.3) is 0 Å². The number of hydrogen-bond donors (Lipinski definition) is 1. The van der Waals surface area contributed by atoms with Crippen molar-refractivity contribution in [3.05, 3.63) is 29.8 Å². The molecule has 0 radical (unpaired) electrons. The molecule has 2 atom stereocenters. The van der Waals surface area contributed by atoms with Gasteiger partial charge in [-0.1, -0.05) is 13.3 Å². The van der Waals surface area contributed by atoms with E-state index in [1.807, 2.05) is 12.1 Å². The van der Waals surface area contributed by atoms with E-state index in [4.69, 9.17) is 4.74 Å². The van der Waals surface area contributed by atoms with Crippen molar-refractivity contribution < 1.29 is 10.1 Å². The van der Waals surface area contributed by atoms with Crippen molar-refractivity contribution in [3.63, 3.8) is 0 Å². The maximum Gasteiger partial charge on any atom is 0.118 e. The van der Waals surface area contributed by atoms with Gasteiger partial charge in [0.05, 0.1) is 13.2 Å². The molecule has 2 N–H and O–H groups in total. The van der Waals surface area contributed by atoms with Crippen molar-refractivity contribution in [3.8, 4) is 5.75 Å². The maximum atomic E-state index is 5.17. The van der Waals surface area contributed by atoms with Crippen LogP contribution in [0.25, 0.3) is 0 Å². The smallest absolute Gasteiger partial charge is 0.118 e.